The molecule has 188 valence electrons. The number of fused-ring (bicyclic) bond motifs is 6. The van der Waals surface area contributed by atoms with Gasteiger partial charge in [0.25, 0.3) is 0 Å². The second kappa shape index (κ2) is 14.0. The third-order valence-electron chi connectivity index (χ3n) is 4.69. The smallest absolute Gasteiger partial charge is 0.550 e. The number of carbonyl (C=O) groups excluding carboxylic acids is 1. The van der Waals surface area contributed by atoms with Crippen molar-refractivity contribution in [3.8, 4) is 0 Å². The summed E-state index contributed by atoms with van der Waals surface area (Å²) < 4.78 is 39.0. The second-order valence-electron chi connectivity index (χ2n) is 7.42. The van der Waals surface area contributed by atoms with Gasteiger partial charge in [-0.05, 0) is 31.2 Å². The van der Waals surface area contributed by atoms with Crippen LogP contribution in [0, 0.1) is 0 Å². The number of aliphatic carboxylic acids is 1. The predicted octanol–water partition coefficient (Wildman–Crippen LogP) is 5.62. The quantitative estimate of drug-likeness (QED) is 0.134. The monoisotopic (exact) mass is 570 g/mol. The van der Waals surface area contributed by atoms with Gasteiger partial charge in [0.1, 0.15) is 0 Å². The van der Waals surface area contributed by atoms with Crippen LogP contribution in [0.3, 0.4) is 0 Å². The zero-order valence-electron chi connectivity index (χ0n) is 20.1. The molecule has 0 aliphatic rings. The van der Waals surface area contributed by atoms with Crippen molar-refractivity contribution in [2.45, 2.75) is 6.92 Å². The molecular weight excluding hydrogens is 553 g/mol. The van der Waals surface area contributed by atoms with Crippen LogP contribution in [-0.4, -0.2) is 33.2 Å². The summed E-state index contributed by atoms with van der Waals surface area (Å²) in [7, 11) is -6.00. The Morgan fingerprint density at radius 1 is 0.579 bits per heavy atom. The van der Waals surface area contributed by atoms with E-state index in [1.54, 1.807) is 24.8 Å². The molecule has 0 bridgehead atoms. The van der Waals surface area contributed by atoms with Gasteiger partial charge in [-0.1, -0.05) is 48.5 Å². The average molecular weight is 572 g/mol. The van der Waals surface area contributed by atoms with E-state index in [-0.39, 0.29) is 19.5 Å². The molecule has 0 radical (unpaired) electrons. The van der Waals surface area contributed by atoms with Gasteiger partial charge in [0, 0.05) is 52.3 Å². The van der Waals surface area contributed by atoms with E-state index in [0.29, 0.717) is 0 Å². The number of hydrogen-bond acceptors (Lipinski definition) is 6. The molecule has 0 saturated heterocycles. The van der Waals surface area contributed by atoms with E-state index in [9.17, 15) is 17.3 Å². The van der Waals surface area contributed by atoms with Crippen LogP contribution in [0.4, 0.5) is 17.3 Å². The molecule has 38 heavy (non-hydrogen) atoms. The molecule has 2 aromatic carbocycles. The third kappa shape index (κ3) is 9.12. The Morgan fingerprint density at radius 2 is 0.763 bits per heavy atom. The standard InChI is InChI=1S/2C12H8N2.C2H4O2.BF4.Zn/c2*1-3-9-5-6-10-4-2-8-14-12(10)11(9)13-7-1;1-2(3)4;2-1(3,4)5;/h2*1-8H;1H3,(H,3,4);;/q;;;-1;+2/p-1. The summed E-state index contributed by atoms with van der Waals surface area (Å²) in [6.45, 7) is 0.972. The fourth-order valence-corrected chi connectivity index (χ4v) is 3.36. The number of benzene rings is 2. The molecule has 6 nitrogen and oxygen atoms in total. The molecule has 6 aromatic rings. The van der Waals surface area contributed by atoms with Crippen molar-refractivity contribution in [1.82, 2.24) is 19.9 Å². The summed E-state index contributed by atoms with van der Waals surface area (Å²) in [5.41, 5.74) is 3.91. The Kier molecular flexibility index (Phi) is 11.2. The number of carbonyl (C=O) groups is 1. The van der Waals surface area contributed by atoms with Crippen LogP contribution in [0.2, 0.25) is 0 Å². The van der Waals surface area contributed by atoms with E-state index in [2.05, 4.69) is 68.5 Å². The number of aromatic nitrogens is 4. The first-order valence-electron chi connectivity index (χ1n) is 10.9. The van der Waals surface area contributed by atoms with Crippen molar-refractivity contribution in [3.63, 3.8) is 0 Å². The summed E-state index contributed by atoms with van der Waals surface area (Å²) in [5, 5.41) is 13.4. The van der Waals surface area contributed by atoms with Crippen LogP contribution < -0.4 is 5.11 Å². The van der Waals surface area contributed by atoms with Crippen LogP contribution in [0.25, 0.3) is 43.6 Å². The van der Waals surface area contributed by atoms with E-state index in [1.807, 2.05) is 24.3 Å². The maximum Gasteiger partial charge on any atom is 2.00 e. The summed E-state index contributed by atoms with van der Waals surface area (Å²) in [6.07, 6.45) is 7.21. The van der Waals surface area contributed by atoms with Crippen molar-refractivity contribution in [1.29, 1.82) is 0 Å². The minimum Gasteiger partial charge on any atom is -0.550 e. The molecule has 0 atom stereocenters. The van der Waals surface area contributed by atoms with Gasteiger partial charge in [-0.3, -0.25) is 19.9 Å². The van der Waals surface area contributed by atoms with Gasteiger partial charge >= 0.3 is 26.7 Å². The van der Waals surface area contributed by atoms with Gasteiger partial charge in [0.2, 0.25) is 0 Å². The Hall–Kier alpha value is -4.04. The third-order valence-corrected chi connectivity index (χ3v) is 4.69. The summed E-state index contributed by atoms with van der Waals surface area (Å²) >= 11 is 0. The molecule has 0 aliphatic carbocycles. The fraction of sp³-hybridized carbons (Fsp3) is 0.0385. The number of pyridine rings is 4. The van der Waals surface area contributed by atoms with Gasteiger partial charge in [-0.2, -0.15) is 0 Å². The van der Waals surface area contributed by atoms with E-state index in [4.69, 9.17) is 9.90 Å². The van der Waals surface area contributed by atoms with E-state index in [1.165, 1.54) is 0 Å². The largest absolute Gasteiger partial charge is 2.00 e. The van der Waals surface area contributed by atoms with E-state index in [0.717, 1.165) is 50.5 Å². The van der Waals surface area contributed by atoms with Crippen molar-refractivity contribution < 1.29 is 46.6 Å². The van der Waals surface area contributed by atoms with Crippen molar-refractivity contribution in [2.75, 3.05) is 0 Å². The van der Waals surface area contributed by atoms with Gasteiger partial charge in [0.15, 0.2) is 0 Å². The number of hydrogen-bond donors (Lipinski definition) is 0. The van der Waals surface area contributed by atoms with Crippen LogP contribution in [-0.2, 0) is 24.3 Å². The minimum absolute atomic E-state index is 0. The maximum atomic E-state index is 9.75. The van der Waals surface area contributed by atoms with Crippen LogP contribution in [0.5, 0.6) is 0 Å². The Balaban J connectivity index is 0.000000201. The molecular formula is C26H19BF4N4O2Zn. The molecule has 0 spiro atoms. The van der Waals surface area contributed by atoms with Crippen molar-refractivity contribution in [2.24, 2.45) is 0 Å². The van der Waals surface area contributed by atoms with Gasteiger partial charge < -0.3 is 27.2 Å². The van der Waals surface area contributed by atoms with Crippen LogP contribution in [0.15, 0.2) is 97.6 Å². The molecule has 12 heteroatoms. The molecule has 0 unspecified atom stereocenters. The zero-order valence-corrected chi connectivity index (χ0v) is 23.1. The Bertz CT molecular complexity index is 1420. The zero-order chi connectivity index (χ0) is 26.8. The van der Waals surface area contributed by atoms with E-state index >= 15 is 0 Å². The minimum atomic E-state index is -6.00. The summed E-state index contributed by atoms with van der Waals surface area (Å²) in [5.74, 6) is -1.08. The molecule has 0 aliphatic heterocycles. The first-order chi connectivity index (χ1) is 17.6. The van der Waals surface area contributed by atoms with Crippen LogP contribution >= 0.6 is 0 Å². The number of rotatable bonds is 0. The maximum absolute atomic E-state index is 9.75. The number of nitrogens with zero attached hydrogens (tertiary/aromatic N) is 4. The first-order valence-corrected chi connectivity index (χ1v) is 10.9. The summed E-state index contributed by atoms with van der Waals surface area (Å²) in [4.78, 5) is 26.3. The summed E-state index contributed by atoms with van der Waals surface area (Å²) in [6, 6.07) is 24.3. The topological polar surface area (TPSA) is 91.7 Å². The number of carboxylic acid groups (broad SMARTS) is 1. The predicted molar refractivity (Wildman–Crippen MR) is 135 cm³/mol. The van der Waals surface area contributed by atoms with Gasteiger partial charge in [-0.15, -0.1) is 0 Å². The van der Waals surface area contributed by atoms with Gasteiger partial charge in [0.05, 0.1) is 22.1 Å². The SMILES string of the molecule is CC(=O)[O-].F[B-](F)(F)F.[Zn+2].c1cnc2c(c1)ccc1cccnc12.c1cnc2c(c1)ccc1cccnc12. The Labute approximate surface area is 227 Å². The average Bonchev–Trinajstić information content (AvgIpc) is 2.88. The van der Waals surface area contributed by atoms with Crippen LogP contribution in [0.1, 0.15) is 6.92 Å². The molecule has 4 heterocycles. The van der Waals surface area contributed by atoms with Gasteiger partial charge in [-0.25, -0.2) is 0 Å². The normalized spacial score (nSPS) is 10.2. The van der Waals surface area contributed by atoms with Crippen molar-refractivity contribution in [3.05, 3.63) is 97.6 Å². The molecule has 6 rings (SSSR count). The molecule has 0 N–H and O–H groups in total. The number of halogens is 4. The molecule has 4 aromatic heterocycles. The second-order valence-corrected chi connectivity index (χ2v) is 7.42. The number of carboxylic acids is 1. The van der Waals surface area contributed by atoms with E-state index < -0.39 is 13.2 Å². The molecule has 0 amide bonds. The van der Waals surface area contributed by atoms with Crippen molar-refractivity contribution >= 4 is 56.8 Å². The molecule has 0 saturated carbocycles. The first kappa shape index (κ1) is 30.2. The fourth-order valence-electron chi connectivity index (χ4n) is 3.36. The molecule has 0 fully saturated rings. The Morgan fingerprint density at radius 3 is 0.947 bits per heavy atom.